The lowest BCUT2D eigenvalue weighted by molar-refractivity contribution is 0.0831. The number of nitrogens with one attached hydrogen (secondary N) is 1. The Kier molecular flexibility index (Phi) is 3.78. The van der Waals surface area contributed by atoms with E-state index >= 15 is 0 Å². The van der Waals surface area contributed by atoms with E-state index in [1.807, 2.05) is 0 Å². The van der Waals surface area contributed by atoms with Crippen LogP contribution in [0, 0.1) is 0 Å². The van der Waals surface area contributed by atoms with Crippen molar-refractivity contribution < 1.29 is 15.3 Å². The zero-order valence-corrected chi connectivity index (χ0v) is 8.09. The van der Waals surface area contributed by atoms with E-state index < -0.39 is 25.4 Å². The molecular formula is C8H14N4O3. The fourth-order valence-corrected chi connectivity index (χ4v) is 0.984. The van der Waals surface area contributed by atoms with E-state index in [0.717, 1.165) is 0 Å². The van der Waals surface area contributed by atoms with E-state index in [9.17, 15) is 0 Å². The fourth-order valence-electron chi connectivity index (χ4n) is 0.984. The van der Waals surface area contributed by atoms with Crippen molar-refractivity contribution in [3.05, 3.63) is 12.3 Å². The van der Waals surface area contributed by atoms with Gasteiger partial charge in [-0.1, -0.05) is 0 Å². The summed E-state index contributed by atoms with van der Waals surface area (Å²) in [5.74, 6) is 0.405. The van der Waals surface area contributed by atoms with Gasteiger partial charge in [-0.3, -0.25) is 0 Å². The number of nitrogens with zero attached hydrogens (tertiary/aromatic N) is 2. The highest BCUT2D eigenvalue weighted by Crippen LogP contribution is 2.12. The first-order valence-electron chi connectivity index (χ1n) is 4.35. The molecule has 0 atom stereocenters. The van der Waals surface area contributed by atoms with Gasteiger partial charge in [0.05, 0.1) is 19.8 Å². The lowest BCUT2D eigenvalue weighted by Crippen LogP contribution is -2.49. The van der Waals surface area contributed by atoms with Crippen molar-refractivity contribution in [2.75, 3.05) is 30.9 Å². The third-order valence-electron chi connectivity index (χ3n) is 1.98. The van der Waals surface area contributed by atoms with Crippen LogP contribution in [0.5, 0.6) is 0 Å². The molecule has 1 aromatic rings. The summed E-state index contributed by atoms with van der Waals surface area (Å²) >= 11 is 0. The maximum Gasteiger partial charge on any atom is 0.221 e. The number of hydrogen-bond acceptors (Lipinski definition) is 7. The fraction of sp³-hybridized carbons (Fsp3) is 0.500. The van der Waals surface area contributed by atoms with Crippen LogP contribution in [0.4, 0.5) is 11.8 Å². The number of nitrogens with two attached hydrogens (primary N) is 1. The van der Waals surface area contributed by atoms with Crippen molar-refractivity contribution >= 4 is 11.8 Å². The van der Waals surface area contributed by atoms with E-state index in [-0.39, 0.29) is 5.95 Å². The number of hydrogen-bond donors (Lipinski definition) is 5. The molecule has 0 bridgehead atoms. The lowest BCUT2D eigenvalue weighted by atomic mass is 10.0. The molecule has 0 amide bonds. The van der Waals surface area contributed by atoms with Crippen LogP contribution >= 0.6 is 0 Å². The normalized spacial score (nSPS) is 11.4. The highest BCUT2D eigenvalue weighted by atomic mass is 16.3. The Balaban J connectivity index is 2.82. The predicted octanol–water partition coefficient (Wildman–Crippen LogP) is -1.81. The first-order valence-corrected chi connectivity index (χ1v) is 4.35. The summed E-state index contributed by atoms with van der Waals surface area (Å²) in [4.78, 5) is 7.51. The Morgan fingerprint density at radius 2 is 1.87 bits per heavy atom. The molecule has 0 aromatic carbocycles. The molecule has 0 aliphatic heterocycles. The average Bonchev–Trinajstić information content (AvgIpc) is 2.26. The average molecular weight is 214 g/mol. The van der Waals surface area contributed by atoms with Crippen molar-refractivity contribution in [1.29, 1.82) is 0 Å². The molecule has 0 spiro atoms. The number of nitrogen functional groups attached to an aromatic ring is 1. The topological polar surface area (TPSA) is 125 Å². The molecule has 0 saturated heterocycles. The van der Waals surface area contributed by atoms with Gasteiger partial charge < -0.3 is 26.4 Å². The Hall–Kier alpha value is -1.44. The van der Waals surface area contributed by atoms with E-state index in [1.54, 1.807) is 0 Å². The van der Waals surface area contributed by atoms with Gasteiger partial charge in [0.2, 0.25) is 5.95 Å². The molecule has 15 heavy (non-hydrogen) atoms. The largest absolute Gasteiger partial charge is 0.394 e. The molecule has 84 valence electrons. The van der Waals surface area contributed by atoms with Gasteiger partial charge in [-0.25, -0.2) is 4.98 Å². The number of aromatic nitrogens is 2. The number of anilines is 2. The van der Waals surface area contributed by atoms with Crippen molar-refractivity contribution in [3.63, 3.8) is 0 Å². The lowest BCUT2D eigenvalue weighted by Gasteiger charge is -2.29. The van der Waals surface area contributed by atoms with Gasteiger partial charge in [0.15, 0.2) is 0 Å². The van der Waals surface area contributed by atoms with E-state index in [1.165, 1.54) is 12.3 Å². The summed E-state index contributed by atoms with van der Waals surface area (Å²) in [6.07, 6.45) is 1.43. The number of rotatable bonds is 5. The molecule has 0 saturated carbocycles. The molecule has 6 N–H and O–H groups in total. The Morgan fingerprint density at radius 3 is 2.33 bits per heavy atom. The van der Waals surface area contributed by atoms with Gasteiger partial charge in [0.1, 0.15) is 11.4 Å². The first kappa shape index (κ1) is 11.6. The van der Waals surface area contributed by atoms with Gasteiger partial charge >= 0.3 is 0 Å². The second kappa shape index (κ2) is 4.87. The van der Waals surface area contributed by atoms with Gasteiger partial charge in [-0.2, -0.15) is 4.98 Å². The second-order valence-corrected chi connectivity index (χ2v) is 3.18. The monoisotopic (exact) mass is 214 g/mol. The number of aliphatic hydroxyl groups excluding tert-OH is 3. The van der Waals surface area contributed by atoms with Crippen LogP contribution in [-0.4, -0.2) is 50.6 Å². The highest BCUT2D eigenvalue weighted by Gasteiger charge is 2.28. The molecule has 0 aliphatic rings. The van der Waals surface area contributed by atoms with Crippen molar-refractivity contribution in [3.8, 4) is 0 Å². The maximum absolute atomic E-state index is 9.05. The first-order chi connectivity index (χ1) is 7.15. The zero-order chi connectivity index (χ0) is 11.3. The molecule has 1 aromatic heterocycles. The van der Waals surface area contributed by atoms with Crippen molar-refractivity contribution in [1.82, 2.24) is 9.97 Å². The number of aliphatic hydroxyl groups is 3. The van der Waals surface area contributed by atoms with E-state index in [0.29, 0.717) is 5.82 Å². The highest BCUT2D eigenvalue weighted by molar-refractivity contribution is 5.40. The Bertz CT molecular complexity index is 308. The molecule has 0 radical (unpaired) electrons. The summed E-state index contributed by atoms with van der Waals surface area (Å²) in [5.41, 5.74) is 4.14. The summed E-state index contributed by atoms with van der Waals surface area (Å²) in [6, 6.07) is 1.52. The minimum Gasteiger partial charge on any atom is -0.394 e. The molecule has 0 unspecified atom stereocenters. The van der Waals surface area contributed by atoms with Gasteiger partial charge in [-0.15, -0.1) is 0 Å². The van der Waals surface area contributed by atoms with Gasteiger partial charge in [-0.05, 0) is 6.07 Å². The van der Waals surface area contributed by atoms with Crippen LogP contribution in [0.2, 0.25) is 0 Å². The second-order valence-electron chi connectivity index (χ2n) is 3.18. The zero-order valence-electron chi connectivity index (χ0n) is 8.09. The minimum atomic E-state index is -1.21. The van der Waals surface area contributed by atoms with Crippen molar-refractivity contribution in [2.45, 2.75) is 5.54 Å². The Labute approximate surface area is 86.6 Å². The van der Waals surface area contributed by atoms with E-state index in [4.69, 9.17) is 21.1 Å². The summed E-state index contributed by atoms with van der Waals surface area (Å²) in [5, 5.41) is 29.9. The molecule has 7 nitrogen and oxygen atoms in total. The molecule has 0 aliphatic carbocycles. The SMILES string of the molecule is Nc1nccc(NC(CO)(CO)CO)n1. The third kappa shape index (κ3) is 2.75. The molecular weight excluding hydrogens is 200 g/mol. The van der Waals surface area contributed by atoms with Crippen LogP contribution in [0.3, 0.4) is 0 Å². The Morgan fingerprint density at radius 1 is 1.27 bits per heavy atom. The minimum absolute atomic E-state index is 0.0720. The molecule has 7 heteroatoms. The molecule has 0 fully saturated rings. The van der Waals surface area contributed by atoms with Gasteiger partial charge in [0.25, 0.3) is 0 Å². The smallest absolute Gasteiger partial charge is 0.221 e. The molecule has 1 rings (SSSR count). The summed E-state index contributed by atoms with van der Waals surface area (Å²) < 4.78 is 0. The standard InChI is InChI=1S/C8H14N4O3/c9-7-10-2-1-6(11-7)12-8(3-13,4-14)5-15/h1-2,13-15H,3-5H2,(H3,9,10,11,12). The van der Waals surface area contributed by atoms with E-state index in [2.05, 4.69) is 15.3 Å². The van der Waals surface area contributed by atoms with Crippen LogP contribution in [0.15, 0.2) is 12.3 Å². The maximum atomic E-state index is 9.05. The quantitative estimate of drug-likeness (QED) is 0.391. The van der Waals surface area contributed by atoms with Gasteiger partial charge in [0, 0.05) is 6.20 Å². The van der Waals surface area contributed by atoms with Crippen LogP contribution in [0.25, 0.3) is 0 Å². The summed E-state index contributed by atoms with van der Waals surface area (Å²) in [7, 11) is 0. The molecule has 1 heterocycles. The van der Waals surface area contributed by atoms with Crippen LogP contribution < -0.4 is 11.1 Å². The summed E-state index contributed by atoms with van der Waals surface area (Å²) in [6.45, 7) is -1.28. The van der Waals surface area contributed by atoms with Crippen LogP contribution in [0.1, 0.15) is 0 Å². The predicted molar refractivity (Wildman–Crippen MR) is 54.1 cm³/mol. The van der Waals surface area contributed by atoms with Crippen molar-refractivity contribution in [2.24, 2.45) is 0 Å². The van der Waals surface area contributed by atoms with Crippen LogP contribution in [-0.2, 0) is 0 Å². The third-order valence-corrected chi connectivity index (χ3v) is 1.98.